The summed E-state index contributed by atoms with van der Waals surface area (Å²) in [6.07, 6.45) is 7.46. The molecule has 0 saturated carbocycles. The highest BCUT2D eigenvalue weighted by molar-refractivity contribution is 7.91. The predicted molar refractivity (Wildman–Crippen MR) is 121 cm³/mol. The Bertz CT molecular complexity index is 934. The van der Waals surface area contributed by atoms with Gasteiger partial charge in [-0.2, -0.15) is 0 Å². The summed E-state index contributed by atoms with van der Waals surface area (Å²) in [5.74, 6) is 2.05. The Kier molecular flexibility index (Phi) is 6.41. The zero-order valence-corrected chi connectivity index (χ0v) is 18.4. The number of nitrogens with zero attached hydrogens (tertiary/aromatic N) is 4. The molecular formula is C22H31N5O2S. The lowest BCUT2D eigenvalue weighted by Gasteiger charge is -2.34. The first-order chi connectivity index (χ1) is 14.5. The molecule has 0 unspecified atom stereocenters. The number of nitrogens with one attached hydrogen (secondary N) is 1. The molecule has 1 N–H and O–H groups in total. The fourth-order valence-corrected chi connectivity index (χ4v) is 5.13. The lowest BCUT2D eigenvalue weighted by atomic mass is 10.0. The minimum atomic E-state index is -3.14. The number of anilines is 3. The zero-order chi connectivity index (χ0) is 21.0. The third-order valence-corrected chi connectivity index (χ3v) is 7.87. The van der Waals surface area contributed by atoms with Crippen LogP contribution in [0.3, 0.4) is 0 Å². The quantitative estimate of drug-likeness (QED) is 0.754. The Labute approximate surface area is 179 Å². The summed E-state index contributed by atoms with van der Waals surface area (Å²) in [6.45, 7) is 5.69. The van der Waals surface area contributed by atoms with Crippen LogP contribution >= 0.6 is 0 Å². The maximum absolute atomic E-state index is 12.0. The van der Waals surface area contributed by atoms with E-state index >= 15 is 0 Å². The van der Waals surface area contributed by atoms with E-state index < -0.39 is 9.84 Å². The van der Waals surface area contributed by atoms with Crippen LogP contribution in [-0.4, -0.2) is 56.4 Å². The standard InChI is InChI=1S/C22H31N5O2S/c1-2-30(28,29)20-8-6-19(7-9-20)26-14-10-18(11-15-26)25-21-16-22(24-17-23-21)27-12-4-3-5-13-27/h6-9,16-18H,2-5,10-15H2,1H3,(H,23,24,25). The average molecular weight is 430 g/mol. The highest BCUT2D eigenvalue weighted by Crippen LogP contribution is 2.25. The molecule has 0 atom stereocenters. The van der Waals surface area contributed by atoms with E-state index in [0.717, 1.165) is 56.3 Å². The minimum absolute atomic E-state index is 0.131. The van der Waals surface area contributed by atoms with Gasteiger partial charge in [0, 0.05) is 44.0 Å². The van der Waals surface area contributed by atoms with Crippen LogP contribution in [0.4, 0.5) is 17.3 Å². The highest BCUT2D eigenvalue weighted by atomic mass is 32.2. The van der Waals surface area contributed by atoms with Crippen LogP contribution in [0.15, 0.2) is 41.6 Å². The second-order valence-corrected chi connectivity index (χ2v) is 10.4. The fourth-order valence-electron chi connectivity index (χ4n) is 4.24. The van der Waals surface area contributed by atoms with Gasteiger partial charge in [-0.1, -0.05) is 6.92 Å². The van der Waals surface area contributed by atoms with Crippen molar-refractivity contribution in [3.8, 4) is 0 Å². The first kappa shape index (κ1) is 20.9. The van der Waals surface area contributed by atoms with Crippen molar-refractivity contribution in [2.24, 2.45) is 0 Å². The lowest BCUT2D eigenvalue weighted by Crippen LogP contribution is -2.39. The van der Waals surface area contributed by atoms with Crippen LogP contribution in [0.2, 0.25) is 0 Å². The van der Waals surface area contributed by atoms with Gasteiger partial charge in [0.1, 0.15) is 18.0 Å². The number of piperidine rings is 2. The lowest BCUT2D eigenvalue weighted by molar-refractivity contribution is 0.525. The van der Waals surface area contributed by atoms with E-state index in [0.29, 0.717) is 10.9 Å². The summed E-state index contributed by atoms with van der Waals surface area (Å²) in [7, 11) is -3.14. The summed E-state index contributed by atoms with van der Waals surface area (Å²) in [6, 6.07) is 9.75. The number of benzene rings is 1. The van der Waals surface area contributed by atoms with E-state index in [1.807, 2.05) is 12.1 Å². The monoisotopic (exact) mass is 429 g/mol. The van der Waals surface area contributed by atoms with Gasteiger partial charge in [0.05, 0.1) is 10.6 Å². The molecule has 0 radical (unpaired) electrons. The molecule has 2 aliphatic rings. The predicted octanol–water partition coefficient (Wildman–Crippen LogP) is 3.34. The van der Waals surface area contributed by atoms with Gasteiger partial charge < -0.3 is 15.1 Å². The zero-order valence-electron chi connectivity index (χ0n) is 17.6. The van der Waals surface area contributed by atoms with Crippen LogP contribution in [0.1, 0.15) is 39.0 Å². The number of hydrogen-bond acceptors (Lipinski definition) is 7. The van der Waals surface area contributed by atoms with Crippen LogP contribution in [-0.2, 0) is 9.84 Å². The fraction of sp³-hybridized carbons (Fsp3) is 0.545. The van der Waals surface area contributed by atoms with Gasteiger partial charge in [-0.05, 0) is 56.4 Å². The molecule has 0 aliphatic carbocycles. The molecule has 1 aromatic heterocycles. The molecule has 4 rings (SSSR count). The molecule has 0 amide bonds. The van der Waals surface area contributed by atoms with E-state index in [1.54, 1.807) is 25.4 Å². The average Bonchev–Trinajstić information content (AvgIpc) is 2.80. The maximum Gasteiger partial charge on any atom is 0.178 e. The smallest absolute Gasteiger partial charge is 0.178 e. The topological polar surface area (TPSA) is 78.4 Å². The van der Waals surface area contributed by atoms with Crippen LogP contribution in [0.5, 0.6) is 0 Å². The molecule has 8 heteroatoms. The van der Waals surface area contributed by atoms with E-state index in [2.05, 4.69) is 31.2 Å². The van der Waals surface area contributed by atoms with Crippen molar-refractivity contribution >= 4 is 27.2 Å². The van der Waals surface area contributed by atoms with E-state index in [1.165, 1.54) is 19.3 Å². The number of sulfone groups is 1. The van der Waals surface area contributed by atoms with Crippen molar-refractivity contribution in [2.45, 2.75) is 50.0 Å². The van der Waals surface area contributed by atoms with Crippen molar-refractivity contribution < 1.29 is 8.42 Å². The SMILES string of the molecule is CCS(=O)(=O)c1ccc(N2CCC(Nc3cc(N4CCCCC4)ncn3)CC2)cc1. The van der Waals surface area contributed by atoms with Crippen LogP contribution in [0.25, 0.3) is 0 Å². The molecular weight excluding hydrogens is 398 g/mol. The summed E-state index contributed by atoms with van der Waals surface area (Å²) in [5, 5.41) is 3.59. The Morgan fingerprint density at radius 1 is 0.967 bits per heavy atom. The molecule has 3 heterocycles. The molecule has 2 aliphatic heterocycles. The van der Waals surface area contributed by atoms with Gasteiger partial charge in [-0.15, -0.1) is 0 Å². The van der Waals surface area contributed by atoms with Crippen LogP contribution in [0, 0.1) is 0 Å². The second kappa shape index (κ2) is 9.20. The Morgan fingerprint density at radius 2 is 1.67 bits per heavy atom. The van der Waals surface area contributed by atoms with Gasteiger partial charge >= 0.3 is 0 Å². The van der Waals surface area contributed by atoms with Gasteiger partial charge in [0.2, 0.25) is 0 Å². The largest absolute Gasteiger partial charge is 0.371 e. The Morgan fingerprint density at radius 3 is 2.33 bits per heavy atom. The number of aromatic nitrogens is 2. The molecule has 2 fully saturated rings. The second-order valence-electron chi connectivity index (χ2n) is 8.11. The first-order valence-corrected chi connectivity index (χ1v) is 12.6. The third-order valence-electron chi connectivity index (χ3n) is 6.12. The van der Waals surface area contributed by atoms with E-state index in [9.17, 15) is 8.42 Å². The van der Waals surface area contributed by atoms with Gasteiger partial charge in [-0.3, -0.25) is 0 Å². The summed E-state index contributed by atoms with van der Waals surface area (Å²) in [4.78, 5) is 14.0. The van der Waals surface area contributed by atoms with E-state index in [-0.39, 0.29) is 5.75 Å². The van der Waals surface area contributed by atoms with Crippen molar-refractivity contribution in [3.05, 3.63) is 36.7 Å². The first-order valence-electron chi connectivity index (χ1n) is 11.0. The molecule has 1 aromatic carbocycles. The molecule has 2 aromatic rings. The molecule has 7 nitrogen and oxygen atoms in total. The van der Waals surface area contributed by atoms with Crippen LogP contribution < -0.4 is 15.1 Å². The van der Waals surface area contributed by atoms with Gasteiger partial charge in [0.15, 0.2) is 9.84 Å². The summed E-state index contributed by atoms with van der Waals surface area (Å²) in [5.41, 5.74) is 1.08. The highest BCUT2D eigenvalue weighted by Gasteiger charge is 2.21. The molecule has 0 bridgehead atoms. The third kappa shape index (κ3) is 4.86. The van der Waals surface area contributed by atoms with Crippen molar-refractivity contribution in [3.63, 3.8) is 0 Å². The Balaban J connectivity index is 1.33. The number of rotatable bonds is 6. The molecule has 162 valence electrons. The number of hydrogen-bond donors (Lipinski definition) is 1. The molecule has 30 heavy (non-hydrogen) atoms. The molecule has 0 spiro atoms. The summed E-state index contributed by atoms with van der Waals surface area (Å²) >= 11 is 0. The summed E-state index contributed by atoms with van der Waals surface area (Å²) < 4.78 is 24.0. The van der Waals surface area contributed by atoms with Crippen molar-refractivity contribution in [2.75, 3.05) is 47.0 Å². The van der Waals surface area contributed by atoms with Gasteiger partial charge in [-0.25, -0.2) is 18.4 Å². The van der Waals surface area contributed by atoms with Crippen molar-refractivity contribution in [1.29, 1.82) is 0 Å². The maximum atomic E-state index is 12.0. The molecule has 2 saturated heterocycles. The van der Waals surface area contributed by atoms with Gasteiger partial charge in [0.25, 0.3) is 0 Å². The van der Waals surface area contributed by atoms with Crippen molar-refractivity contribution in [1.82, 2.24) is 9.97 Å². The normalized spacial score (nSPS) is 18.4. The minimum Gasteiger partial charge on any atom is -0.371 e. The van der Waals surface area contributed by atoms with E-state index in [4.69, 9.17) is 0 Å². The Hall–Kier alpha value is -2.35.